The number of anilines is 2. The van der Waals surface area contributed by atoms with Crippen LogP contribution in [0.4, 0.5) is 21.0 Å². The monoisotopic (exact) mass is 1020 g/mol. The predicted molar refractivity (Wildman–Crippen MR) is 276 cm³/mol. The molecule has 4 amide bonds. The molecular formula is C51H76N4O14Si2. The van der Waals surface area contributed by atoms with Gasteiger partial charge in [-0.05, 0) is 67.7 Å². The highest BCUT2D eigenvalue weighted by Gasteiger charge is 2.43. The van der Waals surface area contributed by atoms with Crippen molar-refractivity contribution in [2.45, 2.75) is 122 Å². The van der Waals surface area contributed by atoms with E-state index in [1.807, 2.05) is 0 Å². The number of carbonyl (C=O) groups excluding carboxylic acids is 6. The molecule has 2 aromatic carbocycles. The number of likely N-dealkylation sites (tertiary alicyclic amines) is 2. The lowest BCUT2D eigenvalue weighted by molar-refractivity contribution is -0.117. The smallest absolute Gasteiger partial charge is 0.411 e. The average Bonchev–Trinajstić information content (AvgIpc) is 3.88. The first-order valence-electron chi connectivity index (χ1n) is 24.0. The molecule has 2 heterocycles. The Labute approximate surface area is 421 Å². The summed E-state index contributed by atoms with van der Waals surface area (Å²) in [6.07, 6.45) is 3.25. The minimum Gasteiger partial charge on any atom is -0.493 e. The number of ketones is 2. The van der Waals surface area contributed by atoms with Gasteiger partial charge < -0.3 is 47.1 Å². The van der Waals surface area contributed by atoms with Gasteiger partial charge in [0.15, 0.2) is 51.2 Å². The van der Waals surface area contributed by atoms with Gasteiger partial charge in [-0.15, -0.1) is 0 Å². The van der Waals surface area contributed by atoms with Crippen molar-refractivity contribution in [3.8, 4) is 23.0 Å². The maximum absolute atomic E-state index is 14.3. The van der Waals surface area contributed by atoms with Crippen molar-refractivity contribution in [2.24, 2.45) is 0 Å². The summed E-state index contributed by atoms with van der Waals surface area (Å²) in [7, 11) is -1.53. The second kappa shape index (κ2) is 25.1. The molecule has 2 aliphatic heterocycles. The van der Waals surface area contributed by atoms with Crippen LogP contribution in [0.25, 0.3) is 0 Å². The van der Waals surface area contributed by atoms with Gasteiger partial charge >= 0.3 is 12.2 Å². The van der Waals surface area contributed by atoms with Gasteiger partial charge in [-0.1, -0.05) is 66.9 Å². The number of unbranched alkanes of at least 4 members (excludes halogenated alkanes) is 2. The van der Waals surface area contributed by atoms with Crippen molar-refractivity contribution in [3.63, 3.8) is 0 Å². The maximum Gasteiger partial charge on any atom is 0.411 e. The number of methoxy groups -OCH3 is 2. The Bertz CT molecular complexity index is 2120. The first kappa shape index (κ1) is 57.9. The van der Waals surface area contributed by atoms with Crippen molar-refractivity contribution in [1.29, 1.82) is 0 Å². The van der Waals surface area contributed by atoms with Crippen LogP contribution < -0.4 is 29.6 Å². The molecule has 0 saturated carbocycles. The fraction of sp³-hybridized carbons (Fsp3) is 0.569. The number of nitrogens with one attached hydrogen (secondary N) is 2. The predicted octanol–water partition coefficient (Wildman–Crippen LogP) is 9.41. The van der Waals surface area contributed by atoms with E-state index in [1.165, 1.54) is 60.4 Å². The minimum absolute atomic E-state index is 0.0666. The zero-order chi connectivity index (χ0) is 52.9. The summed E-state index contributed by atoms with van der Waals surface area (Å²) in [5.74, 6) is -0.185. The van der Waals surface area contributed by atoms with Gasteiger partial charge in [0.25, 0.3) is 11.8 Å². The summed E-state index contributed by atoms with van der Waals surface area (Å²) in [4.78, 5) is 82.7. The molecule has 2 atom stereocenters. The summed E-state index contributed by atoms with van der Waals surface area (Å²) in [6, 6.07) is 4.95. The zero-order valence-electron chi connectivity index (χ0n) is 43.8. The molecule has 71 heavy (non-hydrogen) atoms. The van der Waals surface area contributed by atoms with Crippen LogP contribution in [0.3, 0.4) is 0 Å². The highest BCUT2D eigenvalue weighted by molar-refractivity contribution is 6.74. The second-order valence-corrected chi connectivity index (χ2v) is 30.3. The first-order valence-corrected chi connectivity index (χ1v) is 29.8. The van der Waals surface area contributed by atoms with Crippen LogP contribution in [0.15, 0.2) is 49.6 Å². The molecule has 20 heteroatoms. The summed E-state index contributed by atoms with van der Waals surface area (Å²) in [5.41, 5.74) is 0.364. The molecule has 2 N–H and O–H groups in total. The Morgan fingerprint density at radius 1 is 0.620 bits per heavy atom. The number of hydrogen-bond donors (Lipinski definition) is 2. The van der Waals surface area contributed by atoms with E-state index >= 15 is 0 Å². The normalized spacial score (nSPS) is 16.3. The molecule has 392 valence electrons. The van der Waals surface area contributed by atoms with E-state index in [0.717, 1.165) is 0 Å². The topological polar surface area (TPSA) is 207 Å². The molecule has 2 fully saturated rings. The van der Waals surface area contributed by atoms with Gasteiger partial charge in [0.2, 0.25) is 0 Å². The highest BCUT2D eigenvalue weighted by Crippen LogP contribution is 2.40. The Kier molecular flexibility index (Phi) is 20.5. The van der Waals surface area contributed by atoms with Gasteiger partial charge in [0, 0.05) is 25.0 Å². The van der Waals surface area contributed by atoms with Crippen LogP contribution in [0.1, 0.15) is 94.4 Å². The fourth-order valence-electron chi connectivity index (χ4n) is 7.17. The lowest BCUT2D eigenvalue weighted by Gasteiger charge is -2.37. The highest BCUT2D eigenvalue weighted by atomic mass is 28.4. The third-order valence-corrected chi connectivity index (χ3v) is 22.4. The van der Waals surface area contributed by atoms with Crippen LogP contribution in [0, 0.1) is 0 Å². The van der Waals surface area contributed by atoms with E-state index < -0.39 is 52.7 Å². The van der Waals surface area contributed by atoms with Gasteiger partial charge in [0.05, 0.1) is 88.3 Å². The van der Waals surface area contributed by atoms with Crippen LogP contribution >= 0.6 is 0 Å². The average molecular weight is 1030 g/mol. The molecule has 0 aliphatic carbocycles. The molecule has 0 unspecified atom stereocenters. The van der Waals surface area contributed by atoms with E-state index in [-0.39, 0.29) is 133 Å². The second-order valence-electron chi connectivity index (χ2n) is 20.7. The lowest BCUT2D eigenvalue weighted by Crippen LogP contribution is -2.46. The van der Waals surface area contributed by atoms with E-state index in [9.17, 15) is 28.8 Å². The fourth-order valence-corrected chi connectivity index (χ4v) is 9.25. The van der Waals surface area contributed by atoms with E-state index in [0.29, 0.717) is 19.3 Å². The first-order chi connectivity index (χ1) is 33.3. The Morgan fingerprint density at radius 2 is 0.986 bits per heavy atom. The summed E-state index contributed by atoms with van der Waals surface area (Å²) in [5, 5.41) is 5.15. The maximum atomic E-state index is 14.3. The number of nitrogens with zero attached hydrogens (tertiary/aromatic N) is 2. The Morgan fingerprint density at radius 3 is 1.31 bits per heavy atom. The Hall–Kier alpha value is -5.71. The number of carbonyl (C=O) groups is 6. The summed E-state index contributed by atoms with van der Waals surface area (Å²) < 4.78 is 46.8. The molecule has 2 saturated heterocycles. The van der Waals surface area contributed by atoms with Crippen LogP contribution in [-0.2, 0) is 27.9 Å². The molecule has 2 aliphatic rings. The van der Waals surface area contributed by atoms with E-state index in [4.69, 9.17) is 37.3 Å². The van der Waals surface area contributed by atoms with E-state index in [1.54, 1.807) is 0 Å². The molecule has 4 rings (SSSR count). The third kappa shape index (κ3) is 15.6. The molecule has 0 bridgehead atoms. The van der Waals surface area contributed by atoms with Crippen molar-refractivity contribution in [2.75, 3.05) is 77.6 Å². The number of amides is 4. The number of benzene rings is 2. The van der Waals surface area contributed by atoms with Gasteiger partial charge in [0.1, 0.15) is 13.2 Å². The van der Waals surface area contributed by atoms with Crippen molar-refractivity contribution in [3.05, 3.63) is 60.7 Å². The van der Waals surface area contributed by atoms with Crippen LogP contribution in [0.2, 0.25) is 36.3 Å². The van der Waals surface area contributed by atoms with E-state index in [2.05, 4.69) is 91.5 Å². The Balaban J connectivity index is 1.47. The summed E-state index contributed by atoms with van der Waals surface area (Å²) >= 11 is 0. The number of Topliss-reactive ketones (excluding diaryl/α,β-unsaturated/α-hetero) is 2. The molecule has 18 nitrogen and oxygen atoms in total. The number of ether oxygens (including phenoxy) is 6. The van der Waals surface area contributed by atoms with Crippen molar-refractivity contribution in [1.82, 2.24) is 9.80 Å². The molecule has 0 radical (unpaired) electrons. The van der Waals surface area contributed by atoms with Crippen molar-refractivity contribution < 1.29 is 66.0 Å². The molecular weight excluding hydrogens is 949 g/mol. The van der Waals surface area contributed by atoms with Gasteiger partial charge in [-0.25, -0.2) is 9.59 Å². The van der Waals surface area contributed by atoms with Gasteiger partial charge in [-0.2, -0.15) is 0 Å². The minimum atomic E-state index is -2.20. The van der Waals surface area contributed by atoms with Crippen LogP contribution in [0.5, 0.6) is 23.0 Å². The van der Waals surface area contributed by atoms with Crippen LogP contribution in [-0.4, -0.2) is 141 Å². The SMILES string of the molecule is C=CCOC(=O)Nc1cc(OCCCCCOc2cc(NC(=O)OCC=C)c(C(=O)N3CC(=O)C[C@H]3CO[Si](C)(C)C(C)(C)C)cc2OC)c(OC)cc1C(=O)N1CC(=O)C[C@H]1CO[Si](C)(C)C(C)(C)C. The third-order valence-electron chi connectivity index (χ3n) is 13.4. The van der Waals surface area contributed by atoms with Gasteiger partial charge in [-0.3, -0.25) is 29.8 Å². The lowest BCUT2D eigenvalue weighted by atomic mass is 10.1. The summed E-state index contributed by atoms with van der Waals surface area (Å²) in [6.45, 7) is 28.8. The quantitative estimate of drug-likeness (QED) is 0.0571. The van der Waals surface area contributed by atoms with Crippen molar-refractivity contribution >= 4 is 63.6 Å². The zero-order valence-corrected chi connectivity index (χ0v) is 45.8. The molecule has 0 spiro atoms. The number of hydrogen-bond acceptors (Lipinski definition) is 14. The molecule has 2 aromatic rings. The number of rotatable bonds is 24. The molecule has 0 aromatic heterocycles. The standard InChI is InChI=1S/C51H76N4O14Si2/c1-15-20-66-48(60)52-40-28-44(42(62-9)26-38(40)46(58)54-30-36(56)24-34(54)32-68-70(11,12)50(3,4)5)64-22-18-17-19-23-65-45-29-41(53-49(61)67-21-16-2)39(27-43(45)63-10)47(59)55-31-37(57)25-35(55)33-69-71(13,14)51(6,7)8/h15-16,26-29,34-35H,1-2,17-25,30-33H2,3-14H3,(H,52,60)(H,53,61)/t34-,35-/m0/s1. The largest absolute Gasteiger partial charge is 0.493 e.